The first kappa shape index (κ1) is 15.2. The van der Waals surface area contributed by atoms with E-state index in [1.165, 1.54) is 11.3 Å². The second kappa shape index (κ2) is 6.62. The number of anilines is 1. The molecule has 2 aromatic heterocycles. The molecular formula is C15H17ClN4OS. The van der Waals surface area contributed by atoms with Crippen LogP contribution < -0.4 is 4.90 Å². The molecule has 0 N–H and O–H groups in total. The summed E-state index contributed by atoms with van der Waals surface area (Å²) in [4.78, 5) is 25.8. The van der Waals surface area contributed by atoms with Gasteiger partial charge in [0.25, 0.3) is 5.91 Å². The zero-order valence-electron chi connectivity index (χ0n) is 12.3. The largest absolute Gasteiger partial charge is 0.352 e. The number of aryl methyl sites for hydroxylation is 1. The highest BCUT2D eigenvalue weighted by Crippen LogP contribution is 2.24. The summed E-state index contributed by atoms with van der Waals surface area (Å²) in [5.41, 5.74) is 0. The first-order chi connectivity index (χ1) is 10.7. The van der Waals surface area contributed by atoms with Gasteiger partial charge in [0.1, 0.15) is 10.7 Å². The third-order valence-corrected chi connectivity index (χ3v) is 5.10. The van der Waals surface area contributed by atoms with Gasteiger partial charge in [-0.25, -0.2) is 9.97 Å². The van der Waals surface area contributed by atoms with Crippen molar-refractivity contribution >= 4 is 34.7 Å². The number of thiazole rings is 1. The smallest absolute Gasteiger partial charge is 0.265 e. The summed E-state index contributed by atoms with van der Waals surface area (Å²) in [6.45, 7) is 4.86. The summed E-state index contributed by atoms with van der Waals surface area (Å²) in [6, 6.07) is 3.66. The van der Waals surface area contributed by atoms with E-state index in [1.54, 1.807) is 12.4 Å². The van der Waals surface area contributed by atoms with Crippen LogP contribution in [0.15, 0.2) is 24.5 Å². The fraction of sp³-hybridized carbons (Fsp3) is 0.400. The van der Waals surface area contributed by atoms with Gasteiger partial charge < -0.3 is 9.80 Å². The summed E-state index contributed by atoms with van der Waals surface area (Å²) in [5.74, 6) is 0.867. The first-order valence-electron chi connectivity index (χ1n) is 7.28. The molecule has 7 heteroatoms. The fourth-order valence-corrected chi connectivity index (χ4v) is 3.53. The molecule has 0 spiro atoms. The third-order valence-electron chi connectivity index (χ3n) is 3.67. The highest BCUT2D eigenvalue weighted by atomic mass is 35.5. The molecule has 1 fully saturated rings. The van der Waals surface area contributed by atoms with E-state index in [1.807, 2.05) is 24.0 Å². The van der Waals surface area contributed by atoms with Crippen molar-refractivity contribution in [3.05, 3.63) is 39.4 Å². The number of rotatable bonds is 3. The Morgan fingerprint density at radius 2 is 2.09 bits per heavy atom. The van der Waals surface area contributed by atoms with Crippen molar-refractivity contribution in [1.29, 1.82) is 0 Å². The molecule has 2 aromatic rings. The number of amides is 1. The normalized spacial score (nSPS) is 15.2. The number of piperazine rings is 1. The minimum atomic E-state index is 0.0731. The Morgan fingerprint density at radius 3 is 2.73 bits per heavy atom. The number of aromatic nitrogens is 2. The Balaban J connectivity index is 1.64. The van der Waals surface area contributed by atoms with E-state index in [9.17, 15) is 4.79 Å². The number of hydrogen-bond acceptors (Lipinski definition) is 5. The summed E-state index contributed by atoms with van der Waals surface area (Å²) < 4.78 is 0. The Morgan fingerprint density at radius 1 is 1.32 bits per heavy atom. The Kier molecular flexibility index (Phi) is 4.59. The average molecular weight is 337 g/mol. The second-order valence-electron chi connectivity index (χ2n) is 5.06. The van der Waals surface area contributed by atoms with Crippen LogP contribution in [-0.4, -0.2) is 47.0 Å². The lowest BCUT2D eigenvalue weighted by molar-refractivity contribution is 0.0751. The minimum absolute atomic E-state index is 0.0731. The van der Waals surface area contributed by atoms with Crippen LogP contribution in [0.5, 0.6) is 0 Å². The van der Waals surface area contributed by atoms with Gasteiger partial charge >= 0.3 is 0 Å². The number of pyridine rings is 1. The van der Waals surface area contributed by atoms with Gasteiger partial charge in [0.15, 0.2) is 0 Å². The molecule has 1 aliphatic heterocycles. The summed E-state index contributed by atoms with van der Waals surface area (Å²) in [7, 11) is 0. The van der Waals surface area contributed by atoms with Crippen LogP contribution in [0.25, 0.3) is 0 Å². The van der Waals surface area contributed by atoms with Gasteiger partial charge in [0, 0.05) is 32.4 Å². The van der Waals surface area contributed by atoms with Crippen molar-refractivity contribution in [1.82, 2.24) is 14.9 Å². The Bertz CT molecular complexity index is 667. The molecule has 1 aliphatic rings. The van der Waals surface area contributed by atoms with Crippen molar-refractivity contribution in [2.45, 2.75) is 13.3 Å². The molecule has 22 heavy (non-hydrogen) atoms. The van der Waals surface area contributed by atoms with Crippen LogP contribution in [-0.2, 0) is 6.42 Å². The van der Waals surface area contributed by atoms with E-state index in [0.717, 1.165) is 35.2 Å². The molecule has 0 aliphatic carbocycles. The van der Waals surface area contributed by atoms with E-state index < -0.39 is 0 Å². The standard InChI is InChI=1S/C15H17ClN4OS/c1-2-13-18-10-12(22-13)15(21)20-8-6-19(7-9-20)14-11(16)4-3-5-17-14/h3-5,10H,2,6-9H2,1H3. The van der Waals surface area contributed by atoms with E-state index in [4.69, 9.17) is 11.6 Å². The summed E-state index contributed by atoms with van der Waals surface area (Å²) >= 11 is 7.66. The Labute approximate surface area is 138 Å². The monoisotopic (exact) mass is 336 g/mol. The van der Waals surface area contributed by atoms with Crippen molar-refractivity contribution in [2.75, 3.05) is 31.1 Å². The minimum Gasteiger partial charge on any atom is -0.352 e. The van der Waals surface area contributed by atoms with Crippen LogP contribution in [0, 0.1) is 0 Å². The zero-order chi connectivity index (χ0) is 15.5. The zero-order valence-corrected chi connectivity index (χ0v) is 13.9. The van der Waals surface area contributed by atoms with Crippen molar-refractivity contribution in [3.8, 4) is 0 Å². The molecule has 3 rings (SSSR count). The van der Waals surface area contributed by atoms with E-state index in [-0.39, 0.29) is 5.91 Å². The van der Waals surface area contributed by atoms with Crippen LogP contribution in [0.1, 0.15) is 21.6 Å². The molecule has 0 bridgehead atoms. The number of halogens is 1. The second-order valence-corrected chi connectivity index (χ2v) is 6.58. The molecular weight excluding hydrogens is 320 g/mol. The van der Waals surface area contributed by atoms with Gasteiger partial charge in [0.05, 0.1) is 16.2 Å². The average Bonchev–Trinajstić information content (AvgIpc) is 3.04. The lowest BCUT2D eigenvalue weighted by Gasteiger charge is -2.35. The lowest BCUT2D eigenvalue weighted by Crippen LogP contribution is -2.49. The molecule has 3 heterocycles. The number of carbonyl (C=O) groups is 1. The van der Waals surface area contributed by atoms with Gasteiger partial charge in [-0.2, -0.15) is 0 Å². The predicted molar refractivity (Wildman–Crippen MR) is 88.9 cm³/mol. The van der Waals surface area contributed by atoms with Crippen molar-refractivity contribution in [2.24, 2.45) is 0 Å². The maximum Gasteiger partial charge on any atom is 0.265 e. The van der Waals surface area contributed by atoms with Gasteiger partial charge in [-0.1, -0.05) is 18.5 Å². The van der Waals surface area contributed by atoms with E-state index in [0.29, 0.717) is 18.1 Å². The number of hydrogen-bond donors (Lipinski definition) is 0. The molecule has 0 atom stereocenters. The number of nitrogens with zero attached hydrogens (tertiary/aromatic N) is 4. The molecule has 5 nitrogen and oxygen atoms in total. The van der Waals surface area contributed by atoms with Crippen molar-refractivity contribution in [3.63, 3.8) is 0 Å². The molecule has 1 saturated heterocycles. The lowest BCUT2D eigenvalue weighted by atomic mass is 10.3. The maximum atomic E-state index is 12.5. The molecule has 0 unspecified atom stereocenters. The topological polar surface area (TPSA) is 49.3 Å². The van der Waals surface area contributed by atoms with Crippen LogP contribution in [0.4, 0.5) is 5.82 Å². The molecule has 1 amide bonds. The van der Waals surface area contributed by atoms with E-state index >= 15 is 0 Å². The summed E-state index contributed by atoms with van der Waals surface area (Å²) in [6.07, 6.45) is 4.29. The molecule has 0 radical (unpaired) electrons. The first-order valence-corrected chi connectivity index (χ1v) is 8.48. The Hall–Kier alpha value is -1.66. The SMILES string of the molecule is CCc1ncc(C(=O)N2CCN(c3ncccc3Cl)CC2)s1. The predicted octanol–water partition coefficient (Wildman–Crippen LogP) is 2.72. The van der Waals surface area contributed by atoms with Gasteiger partial charge in [-0.15, -0.1) is 11.3 Å². The van der Waals surface area contributed by atoms with Crippen LogP contribution in [0.2, 0.25) is 5.02 Å². The number of carbonyl (C=O) groups excluding carboxylic acids is 1. The quantitative estimate of drug-likeness (QED) is 0.864. The van der Waals surface area contributed by atoms with Crippen LogP contribution in [0.3, 0.4) is 0 Å². The summed E-state index contributed by atoms with van der Waals surface area (Å²) in [5, 5.41) is 1.65. The van der Waals surface area contributed by atoms with Gasteiger partial charge in [0.2, 0.25) is 0 Å². The molecule has 0 saturated carbocycles. The highest BCUT2D eigenvalue weighted by molar-refractivity contribution is 7.13. The fourth-order valence-electron chi connectivity index (χ4n) is 2.46. The van der Waals surface area contributed by atoms with E-state index in [2.05, 4.69) is 14.9 Å². The maximum absolute atomic E-state index is 12.5. The third kappa shape index (κ3) is 3.08. The van der Waals surface area contributed by atoms with Crippen LogP contribution >= 0.6 is 22.9 Å². The van der Waals surface area contributed by atoms with Gasteiger partial charge in [-0.3, -0.25) is 4.79 Å². The molecule has 0 aromatic carbocycles. The highest BCUT2D eigenvalue weighted by Gasteiger charge is 2.24. The van der Waals surface area contributed by atoms with Crippen molar-refractivity contribution < 1.29 is 4.79 Å². The molecule has 116 valence electrons. The van der Waals surface area contributed by atoms with Gasteiger partial charge in [-0.05, 0) is 18.6 Å².